The van der Waals surface area contributed by atoms with Crippen molar-refractivity contribution in [3.63, 3.8) is 0 Å². The zero-order valence-electron chi connectivity index (χ0n) is 18.9. The highest BCUT2D eigenvalue weighted by Gasteiger charge is 2.24. The minimum absolute atomic E-state index is 0.0935. The molecule has 7 heteroatoms. The molecule has 30 heavy (non-hydrogen) atoms. The van der Waals surface area contributed by atoms with Crippen LogP contribution in [0.1, 0.15) is 72.1 Å². The third kappa shape index (κ3) is 9.17. The summed E-state index contributed by atoms with van der Waals surface area (Å²) < 4.78 is 6.06. The number of carbonyl (C=O) groups excluding carboxylic acids is 1. The number of hydrogen-bond acceptors (Lipinski definition) is 5. The number of ether oxygens (including phenoxy) is 1. The van der Waals surface area contributed by atoms with Crippen LogP contribution >= 0.6 is 11.6 Å². The normalized spacial score (nSPS) is 16.1. The Bertz CT molecular complexity index is 604. The van der Waals surface area contributed by atoms with Gasteiger partial charge in [0, 0.05) is 32.2 Å². The molecule has 1 aliphatic heterocycles. The van der Waals surface area contributed by atoms with Crippen LogP contribution in [0.15, 0.2) is 12.4 Å². The first-order chi connectivity index (χ1) is 14.5. The van der Waals surface area contributed by atoms with Gasteiger partial charge in [0.2, 0.25) is 11.9 Å². The number of likely N-dealkylation sites (tertiary alicyclic amines) is 1. The van der Waals surface area contributed by atoms with Gasteiger partial charge in [-0.05, 0) is 31.6 Å². The van der Waals surface area contributed by atoms with E-state index in [9.17, 15) is 4.79 Å². The van der Waals surface area contributed by atoms with Crippen molar-refractivity contribution < 1.29 is 9.53 Å². The van der Waals surface area contributed by atoms with Crippen LogP contribution in [0, 0.1) is 11.8 Å². The second kappa shape index (κ2) is 13.8. The predicted octanol–water partition coefficient (Wildman–Crippen LogP) is 5.18. The summed E-state index contributed by atoms with van der Waals surface area (Å²) in [6, 6.07) is 0. The first-order valence-electron chi connectivity index (χ1n) is 11.6. The Morgan fingerprint density at radius 1 is 1.20 bits per heavy atom. The minimum atomic E-state index is 0.0935. The zero-order chi connectivity index (χ0) is 21.8. The first kappa shape index (κ1) is 24.9. The highest BCUT2D eigenvalue weighted by molar-refractivity contribution is 6.30. The third-order valence-corrected chi connectivity index (χ3v) is 6.09. The number of anilines is 1. The molecule has 1 aromatic heterocycles. The van der Waals surface area contributed by atoms with Crippen molar-refractivity contribution in [3.05, 3.63) is 17.4 Å². The van der Waals surface area contributed by atoms with Gasteiger partial charge >= 0.3 is 0 Å². The zero-order valence-corrected chi connectivity index (χ0v) is 19.7. The summed E-state index contributed by atoms with van der Waals surface area (Å²) in [7, 11) is 0. The van der Waals surface area contributed by atoms with E-state index in [2.05, 4.69) is 22.2 Å². The van der Waals surface area contributed by atoms with Gasteiger partial charge in [-0.15, -0.1) is 0 Å². The number of aromatic nitrogens is 2. The van der Waals surface area contributed by atoms with Gasteiger partial charge in [0.05, 0.1) is 23.5 Å². The van der Waals surface area contributed by atoms with E-state index in [1.165, 1.54) is 25.7 Å². The van der Waals surface area contributed by atoms with E-state index in [4.69, 9.17) is 16.3 Å². The smallest absolute Gasteiger partial charge is 0.225 e. The largest absolute Gasteiger partial charge is 0.378 e. The molecule has 2 rings (SSSR count). The molecular formula is C23H39ClN4O2. The lowest BCUT2D eigenvalue weighted by molar-refractivity contribution is -0.137. The predicted molar refractivity (Wildman–Crippen MR) is 123 cm³/mol. The number of nitrogens with one attached hydrogen (secondary N) is 1. The Morgan fingerprint density at radius 2 is 1.90 bits per heavy atom. The highest BCUT2D eigenvalue weighted by Crippen LogP contribution is 2.19. The molecule has 1 amide bonds. The Kier molecular flexibility index (Phi) is 11.4. The van der Waals surface area contributed by atoms with Crippen molar-refractivity contribution >= 4 is 23.5 Å². The summed E-state index contributed by atoms with van der Waals surface area (Å²) in [6.07, 6.45) is 12.7. The Hall–Kier alpha value is -1.40. The molecule has 1 aromatic rings. The van der Waals surface area contributed by atoms with Gasteiger partial charge in [-0.25, -0.2) is 9.97 Å². The van der Waals surface area contributed by atoms with Crippen LogP contribution < -0.4 is 5.32 Å². The van der Waals surface area contributed by atoms with Gasteiger partial charge in [0.25, 0.3) is 0 Å². The second-order valence-corrected chi connectivity index (χ2v) is 9.05. The highest BCUT2D eigenvalue weighted by atomic mass is 35.5. The Balaban J connectivity index is 1.48. The number of hydrogen-bond donors (Lipinski definition) is 1. The molecule has 1 aliphatic rings. The van der Waals surface area contributed by atoms with Crippen LogP contribution in [-0.4, -0.2) is 53.1 Å². The van der Waals surface area contributed by atoms with Crippen LogP contribution in [0.5, 0.6) is 0 Å². The lowest BCUT2D eigenvalue weighted by Crippen LogP contribution is -2.42. The molecule has 2 heterocycles. The maximum atomic E-state index is 12.0. The van der Waals surface area contributed by atoms with Gasteiger partial charge in [-0.1, -0.05) is 58.1 Å². The fraction of sp³-hybridized carbons (Fsp3) is 0.783. The summed E-state index contributed by atoms with van der Waals surface area (Å²) in [6.45, 7) is 9.63. The van der Waals surface area contributed by atoms with Crippen molar-refractivity contribution in [2.75, 3.05) is 31.6 Å². The standard InChI is InChI=1S/C23H39ClN4O2/c1-4-19(9-12-25-23-26-16-20(24)17-27-23)8-6-5-7-15-30-21-10-13-28(14-11-21)22(29)18(2)3/h16-19,21H,4-15H2,1-3H3,(H,25,26,27). The van der Waals surface area contributed by atoms with Gasteiger partial charge in [-0.2, -0.15) is 0 Å². The van der Waals surface area contributed by atoms with Gasteiger partial charge in [0.1, 0.15) is 0 Å². The van der Waals surface area contributed by atoms with Crippen LogP contribution in [0.4, 0.5) is 5.95 Å². The molecule has 0 radical (unpaired) electrons. The topological polar surface area (TPSA) is 67.3 Å². The number of rotatable bonds is 13. The SMILES string of the molecule is CCC(CCCCCOC1CCN(C(=O)C(C)C)CC1)CCNc1ncc(Cl)cn1. The van der Waals surface area contributed by atoms with Crippen LogP contribution in [-0.2, 0) is 9.53 Å². The molecule has 0 aromatic carbocycles. The molecular weight excluding hydrogens is 400 g/mol. The number of piperidine rings is 1. The summed E-state index contributed by atoms with van der Waals surface area (Å²) in [5.74, 6) is 1.74. The van der Waals surface area contributed by atoms with E-state index in [1.807, 2.05) is 18.7 Å². The fourth-order valence-electron chi connectivity index (χ4n) is 3.91. The maximum Gasteiger partial charge on any atom is 0.225 e. The van der Waals surface area contributed by atoms with Crippen LogP contribution in [0.2, 0.25) is 5.02 Å². The van der Waals surface area contributed by atoms with Crippen molar-refractivity contribution in [2.45, 2.75) is 78.2 Å². The van der Waals surface area contributed by atoms with Gasteiger partial charge in [0.15, 0.2) is 0 Å². The van der Waals surface area contributed by atoms with Crippen molar-refractivity contribution in [3.8, 4) is 0 Å². The van der Waals surface area contributed by atoms with Crippen LogP contribution in [0.25, 0.3) is 0 Å². The molecule has 1 unspecified atom stereocenters. The number of unbranched alkanes of at least 4 members (excludes halogenated alkanes) is 2. The molecule has 1 fully saturated rings. The van der Waals surface area contributed by atoms with E-state index in [-0.39, 0.29) is 11.8 Å². The van der Waals surface area contributed by atoms with E-state index in [1.54, 1.807) is 12.4 Å². The van der Waals surface area contributed by atoms with Gasteiger partial charge < -0.3 is 15.0 Å². The molecule has 6 nitrogen and oxygen atoms in total. The van der Waals surface area contributed by atoms with Crippen molar-refractivity contribution in [1.29, 1.82) is 0 Å². The molecule has 0 aliphatic carbocycles. The van der Waals surface area contributed by atoms with Crippen molar-refractivity contribution in [2.24, 2.45) is 11.8 Å². The van der Waals surface area contributed by atoms with Crippen molar-refractivity contribution in [1.82, 2.24) is 14.9 Å². The summed E-state index contributed by atoms with van der Waals surface area (Å²) >= 11 is 5.81. The molecule has 0 bridgehead atoms. The fourth-order valence-corrected chi connectivity index (χ4v) is 4.01. The Morgan fingerprint density at radius 3 is 2.53 bits per heavy atom. The molecule has 0 saturated carbocycles. The molecule has 0 spiro atoms. The Labute approximate surface area is 187 Å². The third-order valence-electron chi connectivity index (χ3n) is 5.89. The first-order valence-corrected chi connectivity index (χ1v) is 12.0. The molecule has 1 saturated heterocycles. The lowest BCUT2D eigenvalue weighted by atomic mass is 9.95. The maximum absolute atomic E-state index is 12.0. The van der Waals surface area contributed by atoms with E-state index in [0.29, 0.717) is 17.1 Å². The summed E-state index contributed by atoms with van der Waals surface area (Å²) in [5, 5.41) is 3.83. The minimum Gasteiger partial charge on any atom is -0.378 e. The van der Waals surface area contributed by atoms with E-state index in [0.717, 1.165) is 57.8 Å². The summed E-state index contributed by atoms with van der Waals surface area (Å²) in [4.78, 5) is 22.4. The number of halogens is 1. The second-order valence-electron chi connectivity index (χ2n) is 8.61. The van der Waals surface area contributed by atoms with E-state index >= 15 is 0 Å². The van der Waals surface area contributed by atoms with Crippen LogP contribution in [0.3, 0.4) is 0 Å². The molecule has 1 atom stereocenters. The average molecular weight is 439 g/mol. The summed E-state index contributed by atoms with van der Waals surface area (Å²) in [5.41, 5.74) is 0. The quantitative estimate of drug-likeness (QED) is 0.429. The number of carbonyl (C=O) groups is 1. The average Bonchev–Trinajstić information content (AvgIpc) is 2.76. The molecule has 1 N–H and O–H groups in total. The number of nitrogens with zero attached hydrogens (tertiary/aromatic N) is 3. The molecule has 170 valence electrons. The van der Waals surface area contributed by atoms with Gasteiger partial charge in [-0.3, -0.25) is 4.79 Å². The monoisotopic (exact) mass is 438 g/mol. The van der Waals surface area contributed by atoms with E-state index < -0.39 is 0 Å². The number of amides is 1. The lowest BCUT2D eigenvalue weighted by Gasteiger charge is -2.33.